The summed E-state index contributed by atoms with van der Waals surface area (Å²) in [4.78, 5) is 33.5. The Morgan fingerprint density at radius 3 is 2.91 bits per heavy atom. The fourth-order valence-corrected chi connectivity index (χ4v) is 5.36. The molecule has 8 nitrogen and oxygen atoms in total. The largest absolute Gasteiger partial charge is 0.333 e. The zero-order chi connectivity index (χ0) is 22.6. The summed E-state index contributed by atoms with van der Waals surface area (Å²) >= 11 is 0. The van der Waals surface area contributed by atoms with Crippen molar-refractivity contribution in [2.75, 3.05) is 6.54 Å². The highest BCUT2D eigenvalue weighted by molar-refractivity contribution is 5.92. The van der Waals surface area contributed by atoms with Crippen molar-refractivity contribution in [3.63, 3.8) is 0 Å². The Hall–Kier alpha value is -3.59. The van der Waals surface area contributed by atoms with Crippen LogP contribution in [0.25, 0.3) is 16.6 Å². The minimum atomic E-state index is -0.901. The summed E-state index contributed by atoms with van der Waals surface area (Å²) in [6, 6.07) is 10.2. The van der Waals surface area contributed by atoms with E-state index in [2.05, 4.69) is 26.8 Å². The summed E-state index contributed by atoms with van der Waals surface area (Å²) in [6.45, 7) is 1.56. The van der Waals surface area contributed by atoms with Crippen LogP contribution in [-0.4, -0.2) is 37.1 Å². The van der Waals surface area contributed by atoms with Crippen LogP contribution < -0.4 is 16.2 Å². The van der Waals surface area contributed by atoms with E-state index in [1.165, 1.54) is 10.5 Å². The summed E-state index contributed by atoms with van der Waals surface area (Å²) in [7, 11) is 0. The highest BCUT2D eigenvalue weighted by atomic mass is 19.1. The molecule has 4 aromatic rings. The van der Waals surface area contributed by atoms with E-state index in [9.17, 15) is 14.0 Å². The van der Waals surface area contributed by atoms with Gasteiger partial charge in [-0.1, -0.05) is 6.07 Å². The van der Waals surface area contributed by atoms with Crippen LogP contribution in [0.3, 0.4) is 0 Å². The van der Waals surface area contributed by atoms with Crippen LogP contribution in [0, 0.1) is 11.6 Å². The van der Waals surface area contributed by atoms with Gasteiger partial charge in [0.25, 0.3) is 11.5 Å². The van der Waals surface area contributed by atoms with Crippen molar-refractivity contribution < 1.29 is 9.18 Å². The van der Waals surface area contributed by atoms with Gasteiger partial charge in [0, 0.05) is 42.6 Å². The Bertz CT molecular complexity index is 1440. The number of fused-ring (bicyclic) bond motifs is 2. The molecule has 4 heterocycles. The number of nitrogens with one attached hydrogen (secondary N) is 2. The van der Waals surface area contributed by atoms with Gasteiger partial charge in [-0.2, -0.15) is 0 Å². The van der Waals surface area contributed by atoms with Gasteiger partial charge in [-0.15, -0.1) is 0 Å². The van der Waals surface area contributed by atoms with E-state index >= 15 is 0 Å². The molecular formula is C24H22FN6O2. The predicted molar refractivity (Wildman–Crippen MR) is 119 cm³/mol. The van der Waals surface area contributed by atoms with Gasteiger partial charge in [-0.25, -0.2) is 9.37 Å². The first-order valence-corrected chi connectivity index (χ1v) is 10.9. The molecule has 2 bridgehead atoms. The fourth-order valence-electron chi connectivity index (χ4n) is 5.36. The second-order valence-corrected chi connectivity index (χ2v) is 9.29. The average Bonchev–Trinajstić information content (AvgIpc) is 3.12. The number of carbonyl (C=O) groups is 1. The van der Waals surface area contributed by atoms with Crippen molar-refractivity contribution in [1.82, 2.24) is 29.6 Å². The molecule has 4 aromatic heterocycles. The third-order valence-electron chi connectivity index (χ3n) is 6.82. The fraction of sp³-hybridized carbons (Fsp3) is 0.333. The van der Waals surface area contributed by atoms with Crippen LogP contribution in [0.4, 0.5) is 4.39 Å². The maximum atomic E-state index is 13.8. The number of hydrogen-bond donors (Lipinski definition) is 2. The van der Waals surface area contributed by atoms with Crippen molar-refractivity contribution in [3.8, 4) is 0 Å². The van der Waals surface area contributed by atoms with E-state index in [1.54, 1.807) is 36.7 Å². The number of rotatable bonds is 7. The van der Waals surface area contributed by atoms with E-state index in [-0.39, 0.29) is 23.3 Å². The standard InChI is InChI=1S/C24H22FN6O2/c25-24-11-23(12-24,13-24)14-27-10-17-7-16-9-26-5-4-19(16)31(17)15-28-22(33)18-8-21(32)30-6-2-1-3-20(30)29-18/h1-4,6-9,27H,10-15H2,(H,28,33). The molecule has 9 heteroatoms. The first-order valence-electron chi connectivity index (χ1n) is 10.9. The number of nitrogens with zero attached hydrogens (tertiary/aromatic N) is 4. The highest BCUT2D eigenvalue weighted by Crippen LogP contribution is 2.69. The Labute approximate surface area is 188 Å². The number of halogens is 1. The molecule has 0 atom stereocenters. The lowest BCUT2D eigenvalue weighted by Crippen LogP contribution is -2.67. The molecule has 0 spiro atoms. The molecule has 0 aromatic carbocycles. The van der Waals surface area contributed by atoms with Gasteiger partial charge in [-0.3, -0.25) is 19.0 Å². The summed E-state index contributed by atoms with van der Waals surface area (Å²) in [5.74, 6) is -0.431. The molecule has 1 radical (unpaired) electrons. The lowest BCUT2D eigenvalue weighted by atomic mass is 9.42. The van der Waals surface area contributed by atoms with E-state index < -0.39 is 11.6 Å². The maximum absolute atomic E-state index is 13.8. The first-order chi connectivity index (χ1) is 15.9. The zero-order valence-electron chi connectivity index (χ0n) is 17.8. The maximum Gasteiger partial charge on any atom is 0.271 e. The van der Waals surface area contributed by atoms with Crippen molar-refractivity contribution in [1.29, 1.82) is 0 Å². The van der Waals surface area contributed by atoms with Crippen LogP contribution in [0.2, 0.25) is 0 Å². The number of carbonyl (C=O) groups excluding carboxylic acids is 1. The van der Waals surface area contributed by atoms with E-state index in [0.717, 1.165) is 23.1 Å². The predicted octanol–water partition coefficient (Wildman–Crippen LogP) is 2.21. The Kier molecular flexibility index (Phi) is 4.38. The zero-order valence-corrected chi connectivity index (χ0v) is 17.8. The number of pyridine rings is 2. The number of hydrogen-bond acceptors (Lipinski definition) is 5. The summed E-state index contributed by atoms with van der Waals surface area (Å²) in [5, 5.41) is 7.27. The van der Waals surface area contributed by atoms with E-state index in [0.29, 0.717) is 31.5 Å². The minimum absolute atomic E-state index is 0.0688. The van der Waals surface area contributed by atoms with Crippen LogP contribution >= 0.6 is 0 Å². The number of amides is 1. The first kappa shape index (κ1) is 20.0. The molecule has 1 amide bonds. The molecule has 3 aliphatic carbocycles. The second-order valence-electron chi connectivity index (χ2n) is 9.29. The normalized spacial score (nSPS) is 23.3. The van der Waals surface area contributed by atoms with Gasteiger partial charge in [0.15, 0.2) is 0 Å². The van der Waals surface area contributed by atoms with Crippen molar-refractivity contribution >= 4 is 22.5 Å². The molecule has 7 rings (SSSR count). The monoisotopic (exact) mass is 445 g/mol. The Morgan fingerprint density at radius 2 is 2.09 bits per heavy atom. The summed E-state index contributed by atoms with van der Waals surface area (Å²) in [6.07, 6.45) is 8.16. The lowest BCUT2D eigenvalue weighted by molar-refractivity contribution is -0.209. The van der Waals surface area contributed by atoms with Crippen LogP contribution in [-0.2, 0) is 13.2 Å². The third kappa shape index (κ3) is 3.39. The minimum Gasteiger partial charge on any atom is -0.333 e. The van der Waals surface area contributed by atoms with Crippen molar-refractivity contribution in [2.24, 2.45) is 5.41 Å². The molecule has 2 N–H and O–H groups in total. The Morgan fingerprint density at radius 1 is 1.24 bits per heavy atom. The van der Waals surface area contributed by atoms with Crippen molar-refractivity contribution in [3.05, 3.63) is 76.7 Å². The van der Waals surface area contributed by atoms with Gasteiger partial charge in [0.1, 0.15) is 17.0 Å². The van der Waals surface area contributed by atoms with Crippen LogP contribution in [0.5, 0.6) is 0 Å². The molecular weight excluding hydrogens is 423 g/mol. The highest BCUT2D eigenvalue weighted by Gasteiger charge is 2.68. The third-order valence-corrected chi connectivity index (χ3v) is 6.82. The lowest BCUT2D eigenvalue weighted by Gasteiger charge is -2.66. The van der Waals surface area contributed by atoms with Gasteiger partial charge < -0.3 is 15.2 Å². The molecule has 33 heavy (non-hydrogen) atoms. The van der Waals surface area contributed by atoms with E-state index in [4.69, 9.17) is 0 Å². The molecule has 3 saturated carbocycles. The number of alkyl halides is 1. The molecule has 3 fully saturated rings. The quantitative estimate of drug-likeness (QED) is 0.455. The molecule has 0 aliphatic heterocycles. The second kappa shape index (κ2) is 7.21. The SMILES string of the molecule is O=C(NCn1c(CNCC23CC(F)(C2)C3)cc2cn[c]cc21)c1cc(=O)n2ccccc2n1. The topological polar surface area (TPSA) is 93.3 Å². The van der Waals surface area contributed by atoms with E-state index in [1.807, 2.05) is 10.6 Å². The summed E-state index contributed by atoms with van der Waals surface area (Å²) < 4.78 is 17.2. The molecule has 0 unspecified atom stereocenters. The number of aromatic nitrogens is 4. The van der Waals surface area contributed by atoms with Gasteiger partial charge in [0.2, 0.25) is 0 Å². The average molecular weight is 445 g/mol. The molecule has 3 aliphatic rings. The molecule has 0 saturated heterocycles. The smallest absolute Gasteiger partial charge is 0.271 e. The van der Waals surface area contributed by atoms with Crippen LogP contribution in [0.1, 0.15) is 35.4 Å². The van der Waals surface area contributed by atoms with Gasteiger partial charge in [-0.05, 0) is 48.9 Å². The van der Waals surface area contributed by atoms with Gasteiger partial charge in [0.05, 0.1) is 18.4 Å². The van der Waals surface area contributed by atoms with Gasteiger partial charge >= 0.3 is 0 Å². The Balaban J connectivity index is 1.19. The van der Waals surface area contributed by atoms with Crippen LogP contribution in [0.15, 0.2) is 53.6 Å². The van der Waals surface area contributed by atoms with Crippen molar-refractivity contribution in [2.45, 2.75) is 38.1 Å². The molecule has 167 valence electrons. The summed E-state index contributed by atoms with van der Waals surface area (Å²) in [5.41, 5.74) is 1.25.